The van der Waals surface area contributed by atoms with Gasteiger partial charge in [0.25, 0.3) is 17.7 Å². The summed E-state index contributed by atoms with van der Waals surface area (Å²) in [6, 6.07) is 20.9. The summed E-state index contributed by atoms with van der Waals surface area (Å²) in [4.78, 5) is 46.1. The van der Waals surface area contributed by atoms with Gasteiger partial charge in [-0.3, -0.25) is 14.4 Å². The van der Waals surface area contributed by atoms with E-state index < -0.39 is 23.9 Å². The molecular formula is C37H33FN4O7. The Morgan fingerprint density at radius 2 is 1.86 bits per heavy atom. The number of aromatic nitrogens is 1. The minimum absolute atomic E-state index is 0.102. The molecule has 5 aromatic rings. The Kier molecular flexibility index (Phi) is 8.60. The highest BCUT2D eigenvalue weighted by atomic mass is 19.1. The second-order valence-electron chi connectivity index (χ2n) is 12.0. The molecule has 0 radical (unpaired) electrons. The monoisotopic (exact) mass is 664 g/mol. The van der Waals surface area contributed by atoms with Gasteiger partial charge in [-0.25, -0.2) is 9.37 Å². The van der Waals surface area contributed by atoms with Crippen molar-refractivity contribution in [3.63, 3.8) is 0 Å². The molecule has 2 atom stereocenters. The highest BCUT2D eigenvalue weighted by Crippen LogP contribution is 2.30. The van der Waals surface area contributed by atoms with Crippen molar-refractivity contribution in [2.75, 3.05) is 26.8 Å². The number of halogens is 1. The predicted octanol–water partition coefficient (Wildman–Crippen LogP) is 5.05. The quantitative estimate of drug-likeness (QED) is 0.268. The van der Waals surface area contributed by atoms with Crippen molar-refractivity contribution < 1.29 is 37.4 Å². The van der Waals surface area contributed by atoms with Crippen LogP contribution in [0.5, 0.6) is 17.2 Å². The van der Waals surface area contributed by atoms with Crippen LogP contribution in [0.3, 0.4) is 0 Å². The molecule has 6 bridgehead atoms. The molecule has 3 aliphatic heterocycles. The SMILES string of the molecule is COc1cc2ccc1CNC(=O)COc1cccc(c1)-c1ccc(F)c(c1)C(=O)N[C@@H]1CN(C(=O)c3ccc4nc(C)oc4c3)CC[C@@H]1O2. The highest BCUT2D eigenvalue weighted by molar-refractivity contribution is 5.98. The molecule has 0 spiro atoms. The number of ether oxygens (including phenoxy) is 3. The summed E-state index contributed by atoms with van der Waals surface area (Å²) in [6.45, 7) is 2.16. The molecule has 8 rings (SSSR count). The summed E-state index contributed by atoms with van der Waals surface area (Å²) in [5, 5.41) is 5.81. The zero-order chi connectivity index (χ0) is 34.1. The van der Waals surface area contributed by atoms with Crippen molar-refractivity contribution in [3.8, 4) is 28.4 Å². The summed E-state index contributed by atoms with van der Waals surface area (Å²) in [5.74, 6) is -0.0557. The topological polar surface area (TPSA) is 132 Å². The molecule has 0 unspecified atom stereocenters. The molecule has 3 amide bonds. The van der Waals surface area contributed by atoms with Crippen LogP contribution in [0.4, 0.5) is 4.39 Å². The van der Waals surface area contributed by atoms with E-state index in [0.717, 1.165) is 5.56 Å². The van der Waals surface area contributed by atoms with Gasteiger partial charge in [-0.15, -0.1) is 0 Å². The van der Waals surface area contributed by atoms with Crippen LogP contribution in [0.2, 0.25) is 0 Å². The normalized spacial score (nSPS) is 18.1. The fourth-order valence-electron chi connectivity index (χ4n) is 6.15. The average molecular weight is 665 g/mol. The van der Waals surface area contributed by atoms with E-state index in [2.05, 4.69) is 15.6 Å². The number of amides is 3. The number of carbonyl (C=O) groups excluding carboxylic acids is 3. The molecule has 2 N–H and O–H groups in total. The molecule has 49 heavy (non-hydrogen) atoms. The van der Waals surface area contributed by atoms with Crippen LogP contribution in [0.15, 0.2) is 83.3 Å². The molecule has 1 saturated heterocycles. The Morgan fingerprint density at radius 1 is 1.00 bits per heavy atom. The first-order valence-corrected chi connectivity index (χ1v) is 15.8. The van der Waals surface area contributed by atoms with Crippen molar-refractivity contribution in [1.29, 1.82) is 0 Å². The zero-order valence-corrected chi connectivity index (χ0v) is 26.8. The van der Waals surface area contributed by atoms with Crippen molar-refractivity contribution in [2.45, 2.75) is 32.0 Å². The number of benzene rings is 4. The standard InChI is InChI=1S/C37H33FN4O7/c1-21-40-30-11-8-24(16-34(30)48-21)37(45)42-13-12-32-31(19-42)41-36(44)28-15-23(7-10-29(28)38)22-4-3-5-26(14-22)47-20-35(43)39-18-25-6-9-27(49-32)17-33(25)46-2/h3-11,14-17,31-32H,12-13,18-20H2,1-2H3,(H,39,43)(H,41,44)/t31-,32+/m1/s1. The third-order valence-corrected chi connectivity index (χ3v) is 8.67. The van der Waals surface area contributed by atoms with Gasteiger partial charge < -0.3 is 34.2 Å². The molecule has 12 heteroatoms. The summed E-state index contributed by atoms with van der Waals surface area (Å²) in [6.07, 6.45) is -0.205. The molecule has 3 aliphatic rings. The van der Waals surface area contributed by atoms with Crippen molar-refractivity contribution in [3.05, 3.63) is 107 Å². The maximum Gasteiger partial charge on any atom is 0.258 e. The van der Waals surface area contributed by atoms with E-state index >= 15 is 4.39 Å². The lowest BCUT2D eigenvalue weighted by Crippen LogP contribution is -2.58. The number of carbonyl (C=O) groups is 3. The lowest BCUT2D eigenvalue weighted by molar-refractivity contribution is -0.123. The minimum atomic E-state index is -0.711. The summed E-state index contributed by atoms with van der Waals surface area (Å²) < 4.78 is 38.6. The maximum atomic E-state index is 15.3. The van der Waals surface area contributed by atoms with Gasteiger partial charge >= 0.3 is 0 Å². The lowest BCUT2D eigenvalue weighted by atomic mass is 9.98. The Labute approximate surface area is 281 Å². The second-order valence-corrected chi connectivity index (χ2v) is 12.0. The fraction of sp³-hybridized carbons (Fsp3) is 0.243. The van der Waals surface area contributed by atoms with E-state index in [4.69, 9.17) is 18.6 Å². The first kappa shape index (κ1) is 31.7. The van der Waals surface area contributed by atoms with Crippen LogP contribution in [0.25, 0.3) is 22.2 Å². The van der Waals surface area contributed by atoms with Crippen LogP contribution >= 0.6 is 0 Å². The number of methoxy groups -OCH3 is 1. The molecule has 0 saturated carbocycles. The van der Waals surface area contributed by atoms with E-state index in [1.165, 1.54) is 19.2 Å². The number of piperidine rings is 1. The van der Waals surface area contributed by atoms with Gasteiger partial charge in [0.1, 0.15) is 34.7 Å². The smallest absolute Gasteiger partial charge is 0.258 e. The molecule has 11 nitrogen and oxygen atoms in total. The van der Waals surface area contributed by atoms with Crippen molar-refractivity contribution >= 4 is 28.8 Å². The van der Waals surface area contributed by atoms with Crippen LogP contribution in [-0.4, -0.2) is 66.6 Å². The van der Waals surface area contributed by atoms with Gasteiger partial charge in [0.15, 0.2) is 18.1 Å². The number of hydrogen-bond donors (Lipinski definition) is 2. The van der Waals surface area contributed by atoms with Gasteiger partial charge in [-0.2, -0.15) is 0 Å². The summed E-state index contributed by atoms with van der Waals surface area (Å²) in [5.41, 5.74) is 3.36. The molecule has 4 heterocycles. The maximum absolute atomic E-state index is 15.3. The molecule has 1 fully saturated rings. The molecule has 0 aliphatic carbocycles. The summed E-state index contributed by atoms with van der Waals surface area (Å²) >= 11 is 0. The lowest BCUT2D eigenvalue weighted by Gasteiger charge is -2.39. The summed E-state index contributed by atoms with van der Waals surface area (Å²) in [7, 11) is 1.52. The Balaban J connectivity index is 1.23. The van der Waals surface area contributed by atoms with Crippen LogP contribution in [0, 0.1) is 12.7 Å². The second kappa shape index (κ2) is 13.3. The zero-order valence-electron chi connectivity index (χ0n) is 26.8. The largest absolute Gasteiger partial charge is 0.496 e. The fourth-order valence-corrected chi connectivity index (χ4v) is 6.15. The van der Waals surface area contributed by atoms with Crippen LogP contribution in [0.1, 0.15) is 38.6 Å². The van der Waals surface area contributed by atoms with E-state index in [-0.39, 0.29) is 37.1 Å². The number of fused-ring (bicyclic) bond motifs is 8. The highest BCUT2D eigenvalue weighted by Gasteiger charge is 2.35. The third kappa shape index (κ3) is 6.75. The predicted molar refractivity (Wildman–Crippen MR) is 177 cm³/mol. The van der Waals surface area contributed by atoms with Crippen LogP contribution < -0.4 is 24.8 Å². The van der Waals surface area contributed by atoms with Crippen molar-refractivity contribution in [1.82, 2.24) is 20.5 Å². The number of hydrogen-bond acceptors (Lipinski definition) is 8. The van der Waals surface area contributed by atoms with Gasteiger partial charge in [0, 0.05) is 50.2 Å². The van der Waals surface area contributed by atoms with Gasteiger partial charge in [-0.05, 0) is 65.7 Å². The molecular weight excluding hydrogens is 631 g/mol. The number of aryl methyl sites for hydroxylation is 1. The number of oxazole rings is 1. The first-order valence-electron chi connectivity index (χ1n) is 15.8. The van der Waals surface area contributed by atoms with E-state index in [9.17, 15) is 14.4 Å². The minimum Gasteiger partial charge on any atom is -0.496 e. The Bertz CT molecular complexity index is 2080. The van der Waals surface area contributed by atoms with Gasteiger partial charge in [0.05, 0.1) is 18.7 Å². The van der Waals surface area contributed by atoms with Gasteiger partial charge in [-0.1, -0.05) is 18.2 Å². The average Bonchev–Trinajstić information content (AvgIpc) is 3.49. The number of rotatable bonds is 2. The molecule has 1 aromatic heterocycles. The van der Waals surface area contributed by atoms with E-state index in [1.807, 2.05) is 0 Å². The third-order valence-electron chi connectivity index (χ3n) is 8.67. The number of nitrogens with zero attached hydrogens (tertiary/aromatic N) is 2. The van der Waals surface area contributed by atoms with Crippen molar-refractivity contribution in [2.24, 2.45) is 0 Å². The first-order chi connectivity index (χ1) is 23.7. The van der Waals surface area contributed by atoms with E-state index in [1.54, 1.807) is 78.6 Å². The number of likely N-dealkylation sites (tertiary alicyclic amines) is 1. The van der Waals surface area contributed by atoms with Crippen LogP contribution in [-0.2, 0) is 11.3 Å². The Morgan fingerprint density at radius 3 is 2.71 bits per heavy atom. The van der Waals surface area contributed by atoms with Gasteiger partial charge in [0.2, 0.25) is 0 Å². The molecule has 4 aromatic carbocycles. The Hall–Kier alpha value is -5.91. The number of nitrogens with one attached hydrogen (secondary N) is 2. The molecule has 250 valence electrons. The van der Waals surface area contributed by atoms with E-state index in [0.29, 0.717) is 63.9 Å².